The van der Waals surface area contributed by atoms with Crippen LogP contribution in [0.2, 0.25) is 0 Å². The zero-order valence-electron chi connectivity index (χ0n) is 10.4. The van der Waals surface area contributed by atoms with Gasteiger partial charge in [0.2, 0.25) is 0 Å². The van der Waals surface area contributed by atoms with Crippen molar-refractivity contribution in [1.29, 1.82) is 0 Å². The van der Waals surface area contributed by atoms with Crippen molar-refractivity contribution in [3.8, 4) is 5.75 Å². The van der Waals surface area contributed by atoms with E-state index >= 15 is 0 Å². The van der Waals surface area contributed by atoms with Crippen LogP contribution >= 0.6 is 27.3 Å². The van der Waals surface area contributed by atoms with Crippen LogP contribution in [0.25, 0.3) is 0 Å². The zero-order valence-corrected chi connectivity index (χ0v) is 12.8. The Morgan fingerprint density at radius 2 is 2.00 bits per heavy atom. The van der Waals surface area contributed by atoms with Gasteiger partial charge in [0.1, 0.15) is 5.75 Å². The Kier molecular flexibility index (Phi) is 5.10. The van der Waals surface area contributed by atoms with Gasteiger partial charge in [-0.05, 0) is 29.1 Å². The fourth-order valence-electron chi connectivity index (χ4n) is 1.72. The summed E-state index contributed by atoms with van der Waals surface area (Å²) < 4.78 is 44.2. The number of rotatable bonds is 5. The van der Waals surface area contributed by atoms with Gasteiger partial charge >= 0.3 is 6.18 Å². The van der Waals surface area contributed by atoms with Crippen molar-refractivity contribution in [3.05, 3.63) is 51.7 Å². The second-order valence-corrected chi connectivity index (χ2v) is 5.73. The highest BCUT2D eigenvalue weighted by molar-refractivity contribution is 9.08. The second kappa shape index (κ2) is 6.63. The maximum absolute atomic E-state index is 13.0. The highest BCUT2D eigenvalue weighted by Crippen LogP contribution is 2.37. The first-order chi connectivity index (χ1) is 9.50. The van der Waals surface area contributed by atoms with Crippen LogP contribution in [0.1, 0.15) is 16.0 Å². The van der Waals surface area contributed by atoms with Crippen LogP contribution in [-0.2, 0) is 17.9 Å². The molecule has 6 heteroatoms. The molecule has 1 aromatic carbocycles. The Morgan fingerprint density at radius 3 is 2.60 bits per heavy atom. The number of benzene rings is 1. The number of ether oxygens (including phenoxy) is 1. The first-order valence-corrected chi connectivity index (χ1v) is 7.92. The molecule has 0 unspecified atom stereocenters. The van der Waals surface area contributed by atoms with Gasteiger partial charge in [0.15, 0.2) is 0 Å². The number of alkyl halides is 4. The Morgan fingerprint density at radius 1 is 1.20 bits per heavy atom. The first kappa shape index (κ1) is 15.4. The summed E-state index contributed by atoms with van der Waals surface area (Å²) in [5.74, 6) is -0.112. The third kappa shape index (κ3) is 3.99. The molecule has 0 saturated heterocycles. The number of thiophene rings is 1. The lowest BCUT2D eigenvalue weighted by molar-refractivity contribution is -0.139. The van der Waals surface area contributed by atoms with Crippen molar-refractivity contribution in [2.75, 3.05) is 6.61 Å². The molecule has 0 aliphatic rings. The molecular formula is C14H12BrF3OS. The highest BCUT2D eigenvalue weighted by atomic mass is 79.9. The van der Waals surface area contributed by atoms with E-state index in [1.54, 1.807) is 17.4 Å². The average molecular weight is 365 g/mol. The summed E-state index contributed by atoms with van der Waals surface area (Å²) >= 11 is 4.72. The molecule has 0 fully saturated rings. The fourth-order valence-corrected chi connectivity index (χ4v) is 2.76. The summed E-state index contributed by atoms with van der Waals surface area (Å²) in [5.41, 5.74) is -0.149. The molecule has 0 radical (unpaired) electrons. The molecule has 0 aliphatic carbocycles. The molecule has 0 amide bonds. The van der Waals surface area contributed by atoms with Crippen LogP contribution in [0.15, 0.2) is 35.7 Å². The average Bonchev–Trinajstić information content (AvgIpc) is 2.91. The minimum atomic E-state index is -4.41. The third-order valence-corrected chi connectivity index (χ3v) is 4.27. The van der Waals surface area contributed by atoms with Gasteiger partial charge in [0.05, 0.1) is 12.2 Å². The van der Waals surface area contributed by atoms with Crippen molar-refractivity contribution >= 4 is 27.3 Å². The molecule has 0 N–H and O–H groups in total. The van der Waals surface area contributed by atoms with Gasteiger partial charge in [-0.15, -0.1) is 11.3 Å². The van der Waals surface area contributed by atoms with Crippen LogP contribution in [0.5, 0.6) is 5.75 Å². The standard InChI is InChI=1S/C14H12BrF3OS/c15-9-10-3-4-13(12(8-10)14(16,17)18)19-6-5-11-2-1-7-20-11/h1-4,7-8H,5-6,9H2. The lowest BCUT2D eigenvalue weighted by Crippen LogP contribution is -2.10. The van der Waals surface area contributed by atoms with Crippen LogP contribution in [0.4, 0.5) is 13.2 Å². The molecule has 1 nitrogen and oxygen atoms in total. The summed E-state index contributed by atoms with van der Waals surface area (Å²) in [6.45, 7) is 0.233. The molecule has 108 valence electrons. The largest absolute Gasteiger partial charge is 0.493 e. The van der Waals surface area contributed by atoms with Gasteiger partial charge < -0.3 is 4.74 Å². The van der Waals surface area contributed by atoms with Crippen molar-refractivity contribution in [2.45, 2.75) is 17.9 Å². The Labute approximate surface area is 127 Å². The van der Waals surface area contributed by atoms with E-state index in [-0.39, 0.29) is 12.4 Å². The van der Waals surface area contributed by atoms with E-state index in [1.165, 1.54) is 6.07 Å². The highest BCUT2D eigenvalue weighted by Gasteiger charge is 2.34. The lowest BCUT2D eigenvalue weighted by atomic mass is 10.1. The predicted molar refractivity (Wildman–Crippen MR) is 77.6 cm³/mol. The molecule has 2 aromatic rings. The van der Waals surface area contributed by atoms with Crippen molar-refractivity contribution < 1.29 is 17.9 Å². The molecule has 0 bridgehead atoms. The number of hydrogen-bond acceptors (Lipinski definition) is 2. The van der Waals surface area contributed by atoms with E-state index in [1.807, 2.05) is 17.5 Å². The Hall–Kier alpha value is -1.01. The van der Waals surface area contributed by atoms with Gasteiger partial charge in [0.25, 0.3) is 0 Å². The first-order valence-electron chi connectivity index (χ1n) is 5.92. The molecule has 2 rings (SSSR count). The summed E-state index contributed by atoms with van der Waals surface area (Å²) in [4.78, 5) is 1.09. The summed E-state index contributed by atoms with van der Waals surface area (Å²) in [6, 6.07) is 7.98. The Balaban J connectivity index is 2.10. The molecule has 0 aliphatic heterocycles. The second-order valence-electron chi connectivity index (χ2n) is 4.14. The smallest absolute Gasteiger partial charge is 0.419 e. The van der Waals surface area contributed by atoms with Crippen molar-refractivity contribution in [3.63, 3.8) is 0 Å². The Bertz CT molecular complexity index is 552. The maximum atomic E-state index is 13.0. The van der Waals surface area contributed by atoms with Gasteiger partial charge in [-0.2, -0.15) is 13.2 Å². The molecule has 1 aromatic heterocycles. The molecule has 1 heterocycles. The monoisotopic (exact) mass is 364 g/mol. The summed E-state index contributed by atoms with van der Waals surface area (Å²) in [6.07, 6.45) is -3.80. The fraction of sp³-hybridized carbons (Fsp3) is 0.286. The van der Waals surface area contributed by atoms with Gasteiger partial charge in [-0.1, -0.05) is 28.1 Å². The van der Waals surface area contributed by atoms with E-state index in [9.17, 15) is 13.2 Å². The van der Waals surface area contributed by atoms with E-state index in [4.69, 9.17) is 4.74 Å². The molecule has 0 spiro atoms. The summed E-state index contributed by atoms with van der Waals surface area (Å²) in [5, 5.41) is 2.31. The lowest BCUT2D eigenvalue weighted by Gasteiger charge is -2.14. The minimum absolute atomic E-state index is 0.112. The maximum Gasteiger partial charge on any atom is 0.419 e. The van der Waals surface area contributed by atoms with E-state index in [2.05, 4.69) is 15.9 Å². The quantitative estimate of drug-likeness (QED) is 0.655. The number of halogens is 4. The van der Waals surface area contributed by atoms with E-state index in [0.29, 0.717) is 17.3 Å². The van der Waals surface area contributed by atoms with Gasteiger partial charge in [-0.25, -0.2) is 0 Å². The summed E-state index contributed by atoms with van der Waals surface area (Å²) in [7, 11) is 0. The van der Waals surface area contributed by atoms with Crippen LogP contribution in [0, 0.1) is 0 Å². The van der Waals surface area contributed by atoms with Gasteiger partial charge in [0, 0.05) is 16.6 Å². The van der Waals surface area contributed by atoms with Crippen LogP contribution in [0.3, 0.4) is 0 Å². The molecule has 0 atom stereocenters. The SMILES string of the molecule is FC(F)(F)c1cc(CBr)ccc1OCCc1cccs1. The van der Waals surface area contributed by atoms with Crippen molar-refractivity contribution in [2.24, 2.45) is 0 Å². The van der Waals surface area contributed by atoms with E-state index in [0.717, 1.165) is 10.9 Å². The third-order valence-electron chi connectivity index (χ3n) is 2.69. The topological polar surface area (TPSA) is 9.23 Å². The zero-order chi connectivity index (χ0) is 14.6. The normalized spacial score (nSPS) is 11.6. The molecular weight excluding hydrogens is 353 g/mol. The van der Waals surface area contributed by atoms with Crippen LogP contribution in [-0.4, -0.2) is 6.61 Å². The predicted octanol–water partition coefficient (Wildman–Crippen LogP) is 5.28. The molecule has 20 heavy (non-hydrogen) atoms. The van der Waals surface area contributed by atoms with Crippen molar-refractivity contribution in [1.82, 2.24) is 0 Å². The minimum Gasteiger partial charge on any atom is -0.493 e. The molecule has 0 saturated carbocycles. The number of hydrogen-bond donors (Lipinski definition) is 0. The van der Waals surface area contributed by atoms with Crippen LogP contribution < -0.4 is 4.74 Å². The van der Waals surface area contributed by atoms with Gasteiger partial charge in [-0.3, -0.25) is 0 Å². The van der Waals surface area contributed by atoms with E-state index < -0.39 is 11.7 Å².